The molecular formula is C11H9F2N3O3S. The summed E-state index contributed by atoms with van der Waals surface area (Å²) < 4.78 is 49.6. The van der Waals surface area contributed by atoms with Gasteiger partial charge in [0.25, 0.3) is 0 Å². The number of carbonyl (C=O) groups excluding carboxylic acids is 1. The van der Waals surface area contributed by atoms with Crippen molar-refractivity contribution in [2.75, 3.05) is 11.4 Å². The number of halogens is 2. The van der Waals surface area contributed by atoms with Gasteiger partial charge < -0.3 is 4.90 Å². The Morgan fingerprint density at radius 2 is 2.00 bits per heavy atom. The molecule has 1 saturated heterocycles. The highest BCUT2D eigenvalue weighted by Gasteiger charge is 2.38. The quantitative estimate of drug-likeness (QED) is 0.844. The molecular weight excluding hydrogens is 292 g/mol. The van der Waals surface area contributed by atoms with Crippen LogP contribution in [-0.4, -0.2) is 26.1 Å². The highest BCUT2D eigenvalue weighted by atomic mass is 32.2. The third-order valence-electron chi connectivity index (χ3n) is 3.00. The largest absolute Gasteiger partial charge is 0.308 e. The Labute approximate surface area is 113 Å². The number of rotatable bonds is 2. The molecule has 0 bridgehead atoms. The summed E-state index contributed by atoms with van der Waals surface area (Å²) in [5.74, 6) is -2.64. The summed E-state index contributed by atoms with van der Waals surface area (Å²) in [5.41, 5.74) is -0.904. The number of sulfonamides is 1. The maximum absolute atomic E-state index is 13.8. The molecule has 1 aliphatic heterocycles. The molecule has 1 fully saturated rings. The number of hydrogen-bond acceptors (Lipinski definition) is 4. The molecule has 20 heavy (non-hydrogen) atoms. The van der Waals surface area contributed by atoms with Crippen molar-refractivity contribution in [3.63, 3.8) is 0 Å². The maximum Gasteiger partial charge on any atom is 0.228 e. The number of nitrogens with two attached hydrogens (primary N) is 1. The van der Waals surface area contributed by atoms with Gasteiger partial charge in [0.05, 0.1) is 11.3 Å². The number of nitrogens with zero attached hydrogens (tertiary/aromatic N) is 2. The lowest BCUT2D eigenvalue weighted by atomic mass is 10.2. The fraction of sp³-hybridized carbons (Fsp3) is 0.273. The number of hydrogen-bond donors (Lipinski definition) is 1. The Balaban J connectivity index is 2.41. The van der Waals surface area contributed by atoms with Crippen molar-refractivity contribution in [2.24, 2.45) is 5.14 Å². The second-order valence-electron chi connectivity index (χ2n) is 4.31. The molecule has 6 nitrogen and oxygen atoms in total. The molecule has 0 saturated carbocycles. The van der Waals surface area contributed by atoms with Crippen LogP contribution in [0.25, 0.3) is 0 Å². The van der Waals surface area contributed by atoms with Gasteiger partial charge in [0, 0.05) is 19.0 Å². The Kier molecular flexibility index (Phi) is 3.45. The number of nitriles is 1. The molecule has 0 radical (unpaired) electrons. The predicted molar refractivity (Wildman–Crippen MR) is 64.9 cm³/mol. The molecule has 1 aromatic rings. The van der Waals surface area contributed by atoms with E-state index in [9.17, 15) is 22.0 Å². The molecule has 1 amide bonds. The fourth-order valence-electron chi connectivity index (χ4n) is 1.96. The van der Waals surface area contributed by atoms with E-state index in [1.54, 1.807) is 0 Å². The summed E-state index contributed by atoms with van der Waals surface area (Å²) in [4.78, 5) is 12.5. The number of carbonyl (C=O) groups is 1. The Morgan fingerprint density at radius 1 is 1.35 bits per heavy atom. The summed E-state index contributed by atoms with van der Waals surface area (Å²) in [6.07, 6.45) is -0.389. The van der Waals surface area contributed by atoms with Crippen molar-refractivity contribution < 1.29 is 22.0 Å². The van der Waals surface area contributed by atoms with Crippen molar-refractivity contribution in [2.45, 2.75) is 11.7 Å². The third kappa shape index (κ3) is 2.48. The van der Waals surface area contributed by atoms with E-state index in [1.807, 2.05) is 0 Å². The van der Waals surface area contributed by atoms with Gasteiger partial charge >= 0.3 is 0 Å². The van der Waals surface area contributed by atoms with Crippen LogP contribution in [-0.2, 0) is 14.8 Å². The normalized spacial score (nSPS) is 19.2. The molecule has 1 heterocycles. The van der Waals surface area contributed by atoms with Crippen LogP contribution in [0.5, 0.6) is 0 Å². The second kappa shape index (κ2) is 4.81. The Bertz CT molecular complexity index is 727. The van der Waals surface area contributed by atoms with E-state index in [-0.39, 0.29) is 13.0 Å². The van der Waals surface area contributed by atoms with Crippen LogP contribution in [0.4, 0.5) is 14.5 Å². The SMILES string of the molecule is N#Cc1cc(F)c(N2CC(S(N)(=O)=O)CC2=O)cc1F. The monoisotopic (exact) mass is 301 g/mol. The van der Waals surface area contributed by atoms with Crippen molar-refractivity contribution in [1.29, 1.82) is 5.26 Å². The van der Waals surface area contributed by atoms with Gasteiger partial charge in [-0.05, 0) is 6.07 Å². The van der Waals surface area contributed by atoms with Crippen LogP contribution in [0.2, 0.25) is 0 Å². The lowest BCUT2D eigenvalue weighted by Gasteiger charge is -2.17. The average molecular weight is 301 g/mol. The zero-order valence-electron chi connectivity index (χ0n) is 10.0. The van der Waals surface area contributed by atoms with Crippen molar-refractivity contribution >= 4 is 21.6 Å². The van der Waals surface area contributed by atoms with Crippen LogP contribution in [0, 0.1) is 23.0 Å². The first kappa shape index (κ1) is 14.4. The molecule has 9 heteroatoms. The predicted octanol–water partition coefficient (Wildman–Crippen LogP) is 0.230. The van der Waals surface area contributed by atoms with Crippen LogP contribution in [0.1, 0.15) is 12.0 Å². The van der Waals surface area contributed by atoms with E-state index in [0.717, 1.165) is 4.90 Å². The summed E-state index contributed by atoms with van der Waals surface area (Å²) in [5, 5.41) is 12.3. The molecule has 2 rings (SSSR count). The first-order chi connectivity index (χ1) is 9.24. The topological polar surface area (TPSA) is 104 Å². The van der Waals surface area contributed by atoms with Gasteiger partial charge in [-0.1, -0.05) is 0 Å². The summed E-state index contributed by atoms with van der Waals surface area (Å²) >= 11 is 0. The molecule has 0 aromatic heterocycles. The molecule has 1 aliphatic rings. The van der Waals surface area contributed by atoms with Gasteiger partial charge in [-0.15, -0.1) is 0 Å². The van der Waals surface area contributed by atoms with E-state index in [0.29, 0.717) is 12.1 Å². The maximum atomic E-state index is 13.8. The minimum atomic E-state index is -3.94. The minimum absolute atomic E-state index is 0.347. The van der Waals surface area contributed by atoms with Gasteiger partial charge in [0.1, 0.15) is 23.0 Å². The number of primary sulfonamides is 1. The van der Waals surface area contributed by atoms with Crippen LogP contribution < -0.4 is 10.0 Å². The zero-order chi connectivity index (χ0) is 15.1. The van der Waals surface area contributed by atoms with Crippen molar-refractivity contribution in [3.05, 3.63) is 29.3 Å². The van der Waals surface area contributed by atoms with E-state index < -0.39 is 44.1 Å². The fourth-order valence-corrected chi connectivity index (χ4v) is 2.69. The summed E-state index contributed by atoms with van der Waals surface area (Å²) in [6.45, 7) is -0.347. The first-order valence-corrected chi connectivity index (χ1v) is 7.06. The van der Waals surface area contributed by atoms with Crippen molar-refractivity contribution in [1.82, 2.24) is 0 Å². The van der Waals surface area contributed by atoms with Crippen LogP contribution in [0.15, 0.2) is 12.1 Å². The first-order valence-electron chi connectivity index (χ1n) is 5.45. The lowest BCUT2D eigenvalue weighted by Crippen LogP contribution is -2.32. The Morgan fingerprint density at radius 3 is 2.50 bits per heavy atom. The molecule has 1 aromatic carbocycles. The molecule has 1 atom stereocenters. The number of anilines is 1. The Hall–Kier alpha value is -2.05. The molecule has 0 aliphatic carbocycles. The second-order valence-corrected chi connectivity index (χ2v) is 6.16. The van der Waals surface area contributed by atoms with Gasteiger partial charge in [-0.2, -0.15) is 5.26 Å². The summed E-state index contributed by atoms with van der Waals surface area (Å²) in [6, 6.07) is 2.81. The highest BCUT2D eigenvalue weighted by molar-refractivity contribution is 7.89. The van der Waals surface area contributed by atoms with Crippen LogP contribution >= 0.6 is 0 Å². The molecule has 1 unspecified atom stereocenters. The average Bonchev–Trinajstić information content (AvgIpc) is 2.73. The number of benzene rings is 1. The molecule has 2 N–H and O–H groups in total. The zero-order valence-corrected chi connectivity index (χ0v) is 10.8. The number of amides is 1. The smallest absolute Gasteiger partial charge is 0.228 e. The van der Waals surface area contributed by atoms with Crippen LogP contribution in [0.3, 0.4) is 0 Å². The van der Waals surface area contributed by atoms with Crippen molar-refractivity contribution in [3.8, 4) is 6.07 Å². The highest BCUT2D eigenvalue weighted by Crippen LogP contribution is 2.28. The molecule has 0 spiro atoms. The molecule has 106 valence electrons. The minimum Gasteiger partial charge on any atom is -0.308 e. The van der Waals surface area contributed by atoms with Gasteiger partial charge in [-0.3, -0.25) is 4.79 Å². The van der Waals surface area contributed by atoms with Gasteiger partial charge in [0.2, 0.25) is 15.9 Å². The van der Waals surface area contributed by atoms with E-state index in [1.165, 1.54) is 6.07 Å². The van der Waals surface area contributed by atoms with E-state index in [2.05, 4.69) is 0 Å². The van der Waals surface area contributed by atoms with Gasteiger partial charge in [0.15, 0.2) is 0 Å². The third-order valence-corrected chi connectivity index (χ3v) is 4.25. The van der Waals surface area contributed by atoms with Gasteiger partial charge in [-0.25, -0.2) is 22.3 Å². The summed E-state index contributed by atoms with van der Waals surface area (Å²) in [7, 11) is -3.94. The van der Waals surface area contributed by atoms with E-state index >= 15 is 0 Å². The lowest BCUT2D eigenvalue weighted by molar-refractivity contribution is -0.117. The van der Waals surface area contributed by atoms with E-state index in [4.69, 9.17) is 10.4 Å². The standard InChI is InChI=1S/C11H9F2N3O3S/c12-8-3-10(9(13)1-6(8)4-14)16-5-7(2-11(16)17)20(15,18)19/h1,3,7H,2,5H2,(H2,15,18,19).